The molecule has 0 fully saturated rings. The van der Waals surface area contributed by atoms with Crippen molar-refractivity contribution in [2.45, 2.75) is 13.8 Å². The Balaban J connectivity index is 1.78. The second-order valence-corrected chi connectivity index (χ2v) is 6.70. The van der Waals surface area contributed by atoms with Crippen LogP contribution in [0.1, 0.15) is 21.7 Å². The summed E-state index contributed by atoms with van der Waals surface area (Å²) in [6.45, 7) is 4.10. The molecule has 0 aliphatic heterocycles. The number of likely N-dealkylation sites (N-methyl/N-ethyl adjacent to an activating group) is 1. The lowest BCUT2D eigenvalue weighted by molar-refractivity contribution is 0.0764. The van der Waals surface area contributed by atoms with Crippen molar-refractivity contribution in [3.8, 4) is 11.4 Å². The normalized spacial score (nSPS) is 10.6. The Morgan fingerprint density at radius 2 is 1.83 bits per heavy atom. The Bertz CT molecular complexity index is 1090. The molecule has 0 saturated carbocycles. The summed E-state index contributed by atoms with van der Waals surface area (Å²) in [5.74, 6) is -0.303. The lowest BCUT2D eigenvalue weighted by atomic mass is 10.2. The maximum absolute atomic E-state index is 14.2. The highest BCUT2D eigenvalue weighted by atomic mass is 19.1. The molecule has 0 spiro atoms. The van der Waals surface area contributed by atoms with Crippen molar-refractivity contribution >= 4 is 5.91 Å². The number of halogens is 1. The van der Waals surface area contributed by atoms with Crippen LogP contribution in [0.4, 0.5) is 4.39 Å². The number of para-hydroxylation sites is 2. The molecule has 3 aromatic rings. The van der Waals surface area contributed by atoms with Crippen LogP contribution in [0, 0.1) is 19.7 Å². The molecule has 1 amide bonds. The SMILES string of the molecule is Cc1ccccc1OCCN(C)C(=O)c1nn(-c2ccccc2F)c(C)cc1=O. The number of carbonyl (C=O) groups is 1. The van der Waals surface area contributed by atoms with Gasteiger partial charge in [-0.05, 0) is 37.6 Å². The molecule has 150 valence electrons. The molecule has 0 bridgehead atoms. The van der Waals surface area contributed by atoms with E-state index in [-0.39, 0.29) is 24.5 Å². The summed E-state index contributed by atoms with van der Waals surface area (Å²) in [6, 6.07) is 14.9. The molecule has 0 unspecified atom stereocenters. The first-order valence-corrected chi connectivity index (χ1v) is 9.18. The third-order valence-corrected chi connectivity index (χ3v) is 4.52. The van der Waals surface area contributed by atoms with Gasteiger partial charge in [0.25, 0.3) is 5.91 Å². The minimum absolute atomic E-state index is 0.171. The van der Waals surface area contributed by atoms with Crippen molar-refractivity contribution in [2.75, 3.05) is 20.2 Å². The molecule has 0 aliphatic carbocycles. The first kappa shape index (κ1) is 20.3. The van der Waals surface area contributed by atoms with E-state index >= 15 is 0 Å². The van der Waals surface area contributed by atoms with Gasteiger partial charge in [0.15, 0.2) is 5.69 Å². The van der Waals surface area contributed by atoms with Gasteiger partial charge in [0.05, 0.1) is 6.54 Å². The van der Waals surface area contributed by atoms with Crippen LogP contribution in [0.3, 0.4) is 0 Å². The number of benzene rings is 2. The van der Waals surface area contributed by atoms with Crippen molar-refractivity contribution in [1.82, 2.24) is 14.7 Å². The number of rotatable bonds is 6. The van der Waals surface area contributed by atoms with E-state index in [0.29, 0.717) is 5.69 Å². The van der Waals surface area contributed by atoms with Gasteiger partial charge >= 0.3 is 0 Å². The summed E-state index contributed by atoms with van der Waals surface area (Å²) < 4.78 is 21.1. The van der Waals surface area contributed by atoms with Crippen molar-refractivity contribution in [2.24, 2.45) is 0 Å². The Hall–Kier alpha value is -3.48. The van der Waals surface area contributed by atoms with Crippen LogP contribution in [-0.4, -0.2) is 40.8 Å². The molecule has 7 heteroatoms. The second kappa shape index (κ2) is 8.68. The fourth-order valence-corrected chi connectivity index (χ4v) is 2.86. The molecule has 1 heterocycles. The minimum Gasteiger partial charge on any atom is -0.491 e. The standard InChI is InChI=1S/C22H22FN3O3/c1-15-8-4-7-11-20(15)29-13-12-25(3)22(28)21-19(27)14-16(2)26(24-21)18-10-6-5-9-17(18)23/h4-11,14H,12-13H2,1-3H3. The van der Waals surface area contributed by atoms with E-state index < -0.39 is 17.2 Å². The number of amides is 1. The Morgan fingerprint density at radius 3 is 2.55 bits per heavy atom. The van der Waals surface area contributed by atoms with Gasteiger partial charge < -0.3 is 9.64 Å². The molecule has 0 aliphatic rings. The number of aryl methyl sites for hydroxylation is 2. The first-order chi connectivity index (χ1) is 13.9. The van der Waals surface area contributed by atoms with Gasteiger partial charge in [0, 0.05) is 18.8 Å². The summed E-state index contributed by atoms with van der Waals surface area (Å²) in [4.78, 5) is 26.5. The largest absolute Gasteiger partial charge is 0.491 e. The smallest absolute Gasteiger partial charge is 0.278 e. The highest BCUT2D eigenvalue weighted by Gasteiger charge is 2.20. The first-order valence-electron chi connectivity index (χ1n) is 9.18. The zero-order chi connectivity index (χ0) is 21.0. The maximum atomic E-state index is 14.2. The van der Waals surface area contributed by atoms with E-state index in [2.05, 4.69) is 5.10 Å². The fraction of sp³-hybridized carbons (Fsp3) is 0.227. The van der Waals surface area contributed by atoms with Gasteiger partial charge in [-0.15, -0.1) is 0 Å². The molecule has 0 N–H and O–H groups in total. The van der Waals surface area contributed by atoms with Gasteiger partial charge in [-0.25, -0.2) is 9.07 Å². The van der Waals surface area contributed by atoms with E-state index in [4.69, 9.17) is 4.74 Å². The summed E-state index contributed by atoms with van der Waals surface area (Å²) in [5.41, 5.74) is 0.824. The molecule has 0 saturated heterocycles. The maximum Gasteiger partial charge on any atom is 0.278 e. The van der Waals surface area contributed by atoms with Crippen LogP contribution in [0.15, 0.2) is 59.4 Å². The number of aromatic nitrogens is 2. The third kappa shape index (κ3) is 4.51. The van der Waals surface area contributed by atoms with Crippen molar-refractivity contribution < 1.29 is 13.9 Å². The van der Waals surface area contributed by atoms with Gasteiger partial charge in [-0.1, -0.05) is 30.3 Å². The molecular weight excluding hydrogens is 373 g/mol. The zero-order valence-corrected chi connectivity index (χ0v) is 16.6. The number of nitrogens with zero attached hydrogens (tertiary/aromatic N) is 3. The van der Waals surface area contributed by atoms with Crippen LogP contribution in [0.2, 0.25) is 0 Å². The van der Waals surface area contributed by atoms with Gasteiger partial charge in [0.2, 0.25) is 5.43 Å². The highest BCUT2D eigenvalue weighted by molar-refractivity contribution is 5.91. The van der Waals surface area contributed by atoms with E-state index in [1.54, 1.807) is 26.1 Å². The monoisotopic (exact) mass is 395 g/mol. The third-order valence-electron chi connectivity index (χ3n) is 4.52. The number of carbonyl (C=O) groups excluding carboxylic acids is 1. The second-order valence-electron chi connectivity index (χ2n) is 6.70. The Kier molecular flexibility index (Phi) is 6.07. The van der Waals surface area contributed by atoms with Gasteiger partial charge in [0.1, 0.15) is 23.9 Å². The zero-order valence-electron chi connectivity index (χ0n) is 16.6. The molecule has 2 aromatic carbocycles. The summed E-state index contributed by atoms with van der Waals surface area (Å²) in [7, 11) is 1.57. The van der Waals surface area contributed by atoms with Crippen LogP contribution in [0.5, 0.6) is 5.75 Å². The Morgan fingerprint density at radius 1 is 1.14 bits per heavy atom. The molecule has 29 heavy (non-hydrogen) atoms. The van der Waals surface area contributed by atoms with E-state index in [9.17, 15) is 14.0 Å². The fourth-order valence-electron chi connectivity index (χ4n) is 2.86. The molecule has 0 atom stereocenters. The van der Waals surface area contributed by atoms with E-state index in [1.807, 2.05) is 31.2 Å². The molecule has 3 rings (SSSR count). The summed E-state index contributed by atoms with van der Waals surface area (Å²) >= 11 is 0. The molecule has 6 nitrogen and oxygen atoms in total. The Labute approximate surface area is 168 Å². The number of ether oxygens (including phenoxy) is 1. The topological polar surface area (TPSA) is 64.4 Å². The number of hydrogen-bond donors (Lipinski definition) is 0. The molecular formula is C22H22FN3O3. The average Bonchev–Trinajstić information content (AvgIpc) is 2.70. The summed E-state index contributed by atoms with van der Waals surface area (Å²) in [5, 5.41) is 4.14. The van der Waals surface area contributed by atoms with Crippen molar-refractivity contribution in [3.63, 3.8) is 0 Å². The number of hydrogen-bond acceptors (Lipinski definition) is 4. The van der Waals surface area contributed by atoms with Crippen LogP contribution in [0.25, 0.3) is 5.69 Å². The van der Waals surface area contributed by atoms with Crippen LogP contribution < -0.4 is 10.2 Å². The van der Waals surface area contributed by atoms with Gasteiger partial charge in [-0.3, -0.25) is 9.59 Å². The quantitative estimate of drug-likeness (QED) is 0.643. The molecule has 0 radical (unpaired) electrons. The van der Waals surface area contributed by atoms with Crippen molar-refractivity contribution in [1.29, 1.82) is 0 Å². The van der Waals surface area contributed by atoms with Crippen LogP contribution >= 0.6 is 0 Å². The molecule has 1 aromatic heterocycles. The lowest BCUT2D eigenvalue weighted by Crippen LogP contribution is -2.36. The van der Waals surface area contributed by atoms with Crippen molar-refractivity contribution in [3.05, 3.63) is 87.6 Å². The highest BCUT2D eigenvalue weighted by Crippen LogP contribution is 2.16. The lowest BCUT2D eigenvalue weighted by Gasteiger charge is -2.18. The summed E-state index contributed by atoms with van der Waals surface area (Å²) in [6.07, 6.45) is 0. The van der Waals surface area contributed by atoms with E-state index in [0.717, 1.165) is 11.3 Å². The predicted octanol–water partition coefficient (Wildman–Crippen LogP) is 3.14. The average molecular weight is 395 g/mol. The van der Waals surface area contributed by atoms with E-state index in [1.165, 1.54) is 27.8 Å². The predicted molar refractivity (Wildman–Crippen MR) is 108 cm³/mol. The van der Waals surface area contributed by atoms with Crippen LogP contribution in [-0.2, 0) is 0 Å². The van der Waals surface area contributed by atoms with Gasteiger partial charge in [-0.2, -0.15) is 5.10 Å². The minimum atomic E-state index is -0.548.